The lowest BCUT2D eigenvalue weighted by Gasteiger charge is -2.13. The standard InChI is InChI=1S/C20H23N5O2/c1-13(2)27-20-16(8-6-10-21-20)12-22-19(26)18-15(4)25(24-23-18)17-9-5-7-14(3)11-17/h5-11,13H,12H2,1-4H3,(H,22,26). The summed E-state index contributed by atoms with van der Waals surface area (Å²) in [5, 5.41) is 11.1. The summed E-state index contributed by atoms with van der Waals surface area (Å²) in [5.74, 6) is 0.235. The average molecular weight is 365 g/mol. The zero-order valence-electron chi connectivity index (χ0n) is 15.9. The van der Waals surface area contributed by atoms with Gasteiger partial charge >= 0.3 is 0 Å². The Morgan fingerprint density at radius 1 is 1.22 bits per heavy atom. The van der Waals surface area contributed by atoms with Crippen LogP contribution in [0.2, 0.25) is 0 Å². The van der Waals surface area contributed by atoms with Crippen molar-refractivity contribution in [3.63, 3.8) is 0 Å². The zero-order chi connectivity index (χ0) is 19.4. The predicted molar refractivity (Wildman–Crippen MR) is 102 cm³/mol. The molecule has 0 unspecified atom stereocenters. The molecule has 0 spiro atoms. The third kappa shape index (κ3) is 4.31. The van der Waals surface area contributed by atoms with Crippen molar-refractivity contribution in [1.82, 2.24) is 25.3 Å². The lowest BCUT2D eigenvalue weighted by Crippen LogP contribution is -2.25. The van der Waals surface area contributed by atoms with Crippen molar-refractivity contribution in [3.05, 3.63) is 65.1 Å². The van der Waals surface area contributed by atoms with Crippen molar-refractivity contribution in [2.75, 3.05) is 0 Å². The predicted octanol–water partition coefficient (Wildman–Crippen LogP) is 3.00. The maximum Gasteiger partial charge on any atom is 0.274 e. The van der Waals surface area contributed by atoms with Crippen LogP contribution in [0.25, 0.3) is 5.69 Å². The van der Waals surface area contributed by atoms with Crippen molar-refractivity contribution in [3.8, 4) is 11.6 Å². The molecule has 0 saturated carbocycles. The third-order valence-corrected chi connectivity index (χ3v) is 3.99. The molecule has 0 aliphatic carbocycles. The summed E-state index contributed by atoms with van der Waals surface area (Å²) in [4.78, 5) is 16.8. The average Bonchev–Trinajstić information content (AvgIpc) is 3.02. The minimum absolute atomic E-state index is 0.00539. The van der Waals surface area contributed by atoms with Crippen molar-refractivity contribution in [2.24, 2.45) is 0 Å². The summed E-state index contributed by atoms with van der Waals surface area (Å²) in [7, 11) is 0. The minimum atomic E-state index is -0.286. The lowest BCUT2D eigenvalue weighted by molar-refractivity contribution is 0.0944. The van der Waals surface area contributed by atoms with Gasteiger partial charge in [0.25, 0.3) is 5.91 Å². The number of ether oxygens (including phenoxy) is 1. The van der Waals surface area contributed by atoms with E-state index in [0.717, 1.165) is 16.8 Å². The number of nitrogens with zero attached hydrogens (tertiary/aromatic N) is 4. The highest BCUT2D eigenvalue weighted by molar-refractivity contribution is 5.93. The Balaban J connectivity index is 1.75. The summed E-state index contributed by atoms with van der Waals surface area (Å²) >= 11 is 0. The molecule has 7 nitrogen and oxygen atoms in total. The molecule has 0 aliphatic heterocycles. The largest absolute Gasteiger partial charge is 0.475 e. The van der Waals surface area contributed by atoms with E-state index in [1.165, 1.54) is 0 Å². The first-order chi connectivity index (χ1) is 13.0. The zero-order valence-corrected chi connectivity index (χ0v) is 15.9. The molecule has 0 aliphatic rings. The molecule has 7 heteroatoms. The highest BCUT2D eigenvalue weighted by atomic mass is 16.5. The molecule has 1 aromatic carbocycles. The van der Waals surface area contributed by atoms with Crippen LogP contribution < -0.4 is 10.1 Å². The van der Waals surface area contributed by atoms with Crippen molar-refractivity contribution in [1.29, 1.82) is 0 Å². The fourth-order valence-electron chi connectivity index (χ4n) is 2.69. The Morgan fingerprint density at radius 2 is 2.04 bits per heavy atom. The number of hydrogen-bond donors (Lipinski definition) is 1. The van der Waals surface area contributed by atoms with Crippen LogP contribution in [0.4, 0.5) is 0 Å². The number of benzene rings is 1. The maximum atomic E-state index is 12.6. The highest BCUT2D eigenvalue weighted by Crippen LogP contribution is 2.17. The number of carbonyl (C=O) groups excluding carboxylic acids is 1. The van der Waals surface area contributed by atoms with Crippen LogP contribution in [0.3, 0.4) is 0 Å². The smallest absolute Gasteiger partial charge is 0.274 e. The second-order valence-corrected chi connectivity index (χ2v) is 6.59. The molecule has 0 radical (unpaired) electrons. The molecule has 2 aromatic heterocycles. The van der Waals surface area contributed by atoms with E-state index >= 15 is 0 Å². The van der Waals surface area contributed by atoms with Crippen LogP contribution in [-0.2, 0) is 6.54 Å². The number of aromatic nitrogens is 4. The van der Waals surface area contributed by atoms with E-state index < -0.39 is 0 Å². The SMILES string of the molecule is Cc1cccc(-n2nnc(C(=O)NCc3cccnc3OC(C)C)c2C)c1. The van der Waals surface area contributed by atoms with Crippen LogP contribution in [0, 0.1) is 13.8 Å². The van der Waals surface area contributed by atoms with Gasteiger partial charge in [0.05, 0.1) is 17.5 Å². The van der Waals surface area contributed by atoms with E-state index in [0.29, 0.717) is 23.8 Å². The van der Waals surface area contributed by atoms with E-state index in [-0.39, 0.29) is 12.0 Å². The minimum Gasteiger partial charge on any atom is -0.475 e. The number of carbonyl (C=O) groups is 1. The fourth-order valence-corrected chi connectivity index (χ4v) is 2.69. The molecule has 3 rings (SSSR count). The molecule has 27 heavy (non-hydrogen) atoms. The Morgan fingerprint density at radius 3 is 2.78 bits per heavy atom. The molecule has 140 valence electrons. The maximum absolute atomic E-state index is 12.6. The number of nitrogens with one attached hydrogen (secondary N) is 1. The Kier molecular flexibility index (Phi) is 5.49. The van der Waals surface area contributed by atoms with E-state index in [1.807, 2.05) is 64.1 Å². The molecule has 0 fully saturated rings. The van der Waals surface area contributed by atoms with Crippen LogP contribution in [0.1, 0.15) is 41.2 Å². The summed E-state index contributed by atoms with van der Waals surface area (Å²) < 4.78 is 7.35. The first-order valence-corrected chi connectivity index (χ1v) is 8.84. The van der Waals surface area contributed by atoms with Gasteiger partial charge in [0.2, 0.25) is 5.88 Å². The van der Waals surface area contributed by atoms with Gasteiger partial charge in [-0.05, 0) is 51.5 Å². The number of pyridine rings is 1. The van der Waals surface area contributed by atoms with Crippen molar-refractivity contribution < 1.29 is 9.53 Å². The molecule has 0 bridgehead atoms. The highest BCUT2D eigenvalue weighted by Gasteiger charge is 2.18. The van der Waals surface area contributed by atoms with Crippen molar-refractivity contribution in [2.45, 2.75) is 40.3 Å². The van der Waals surface area contributed by atoms with Crippen molar-refractivity contribution >= 4 is 5.91 Å². The van der Waals surface area contributed by atoms with Crippen LogP contribution in [0.5, 0.6) is 5.88 Å². The number of amides is 1. The van der Waals surface area contributed by atoms with Gasteiger partial charge in [0, 0.05) is 18.3 Å². The molecule has 0 saturated heterocycles. The topological polar surface area (TPSA) is 81.9 Å². The van der Waals surface area contributed by atoms with E-state index in [2.05, 4.69) is 20.6 Å². The van der Waals surface area contributed by atoms with Crippen LogP contribution in [-0.4, -0.2) is 32.0 Å². The summed E-state index contributed by atoms with van der Waals surface area (Å²) in [5.41, 5.74) is 3.78. The van der Waals surface area contributed by atoms with Gasteiger partial charge in [0.15, 0.2) is 5.69 Å². The number of rotatable bonds is 6. The van der Waals surface area contributed by atoms with Gasteiger partial charge in [-0.2, -0.15) is 0 Å². The van der Waals surface area contributed by atoms with Crippen LogP contribution in [0.15, 0.2) is 42.6 Å². The van der Waals surface area contributed by atoms with Gasteiger partial charge in [-0.15, -0.1) is 5.10 Å². The molecule has 1 amide bonds. The van der Waals surface area contributed by atoms with E-state index in [9.17, 15) is 4.79 Å². The lowest BCUT2D eigenvalue weighted by atomic mass is 10.2. The van der Waals surface area contributed by atoms with Crippen LogP contribution >= 0.6 is 0 Å². The van der Waals surface area contributed by atoms with Gasteiger partial charge in [-0.1, -0.05) is 23.4 Å². The first kappa shape index (κ1) is 18.6. The van der Waals surface area contributed by atoms with E-state index in [4.69, 9.17) is 4.74 Å². The quantitative estimate of drug-likeness (QED) is 0.726. The number of hydrogen-bond acceptors (Lipinski definition) is 5. The number of aryl methyl sites for hydroxylation is 1. The molecule has 0 atom stereocenters. The van der Waals surface area contributed by atoms with Gasteiger partial charge in [0.1, 0.15) is 0 Å². The Hall–Kier alpha value is -3.22. The normalized spacial score (nSPS) is 10.9. The summed E-state index contributed by atoms with van der Waals surface area (Å²) in [6.07, 6.45) is 1.67. The van der Waals surface area contributed by atoms with E-state index in [1.54, 1.807) is 10.9 Å². The Labute approximate surface area is 158 Å². The fraction of sp³-hybridized carbons (Fsp3) is 0.300. The third-order valence-electron chi connectivity index (χ3n) is 3.99. The van der Waals surface area contributed by atoms with Gasteiger partial charge in [-0.3, -0.25) is 4.79 Å². The Bertz CT molecular complexity index is 949. The molecule has 1 N–H and O–H groups in total. The summed E-state index contributed by atoms with van der Waals surface area (Å²) in [6, 6.07) is 11.6. The summed E-state index contributed by atoms with van der Waals surface area (Å²) in [6.45, 7) is 8.00. The van der Waals surface area contributed by atoms with Gasteiger partial charge in [-0.25, -0.2) is 9.67 Å². The van der Waals surface area contributed by atoms with Gasteiger partial charge < -0.3 is 10.1 Å². The second-order valence-electron chi connectivity index (χ2n) is 6.59. The molecule has 3 aromatic rings. The molecule has 2 heterocycles. The molecular weight excluding hydrogens is 342 g/mol. The monoisotopic (exact) mass is 365 g/mol. The second kappa shape index (κ2) is 7.99. The first-order valence-electron chi connectivity index (χ1n) is 8.84. The molecular formula is C20H23N5O2.